The third kappa shape index (κ3) is 5.28. The van der Waals surface area contributed by atoms with Gasteiger partial charge in [-0.1, -0.05) is 26.8 Å². The topological polar surface area (TPSA) is 104 Å². The number of thiazole rings is 1. The van der Waals surface area contributed by atoms with Crippen LogP contribution in [0.15, 0.2) is 58.5 Å². The van der Waals surface area contributed by atoms with Gasteiger partial charge in [-0.15, -0.1) is 11.3 Å². The van der Waals surface area contributed by atoms with Crippen LogP contribution in [0, 0.1) is 0 Å². The number of carboxylic acid groups (broad SMARTS) is 1. The Bertz CT molecular complexity index is 1650. The molecule has 0 saturated carbocycles. The summed E-state index contributed by atoms with van der Waals surface area (Å²) in [6.45, 7) is 6.55. The fourth-order valence-corrected chi connectivity index (χ4v) is 5.31. The Morgan fingerprint density at radius 2 is 1.95 bits per heavy atom. The van der Waals surface area contributed by atoms with Crippen molar-refractivity contribution in [1.29, 1.82) is 0 Å². The highest BCUT2D eigenvalue weighted by molar-refractivity contribution is 7.13. The van der Waals surface area contributed by atoms with Gasteiger partial charge in [0.1, 0.15) is 11.3 Å². The summed E-state index contributed by atoms with van der Waals surface area (Å²) in [5.41, 5.74) is 4.54. The van der Waals surface area contributed by atoms with Crippen LogP contribution in [0.25, 0.3) is 32.6 Å². The van der Waals surface area contributed by atoms with E-state index >= 15 is 0 Å². The summed E-state index contributed by atoms with van der Waals surface area (Å²) in [7, 11) is 1.35. The van der Waals surface area contributed by atoms with Crippen LogP contribution in [-0.4, -0.2) is 40.3 Å². The van der Waals surface area contributed by atoms with Crippen LogP contribution in [0.2, 0.25) is 0 Å². The number of fused-ring (bicyclic) bond motifs is 2. The quantitative estimate of drug-likeness (QED) is 0.243. The van der Waals surface area contributed by atoms with E-state index < -0.39 is 12.6 Å². The molecule has 0 saturated heterocycles. The number of benzene rings is 2. The molecule has 0 amide bonds. The second-order valence-corrected chi connectivity index (χ2v) is 11.0. The van der Waals surface area contributed by atoms with Crippen molar-refractivity contribution in [2.24, 2.45) is 0 Å². The molecule has 5 aromatic rings. The monoisotopic (exact) mass is 532 g/mol. The van der Waals surface area contributed by atoms with Gasteiger partial charge in [0.15, 0.2) is 17.4 Å². The summed E-state index contributed by atoms with van der Waals surface area (Å²) >= 11 is 1.58. The van der Waals surface area contributed by atoms with Gasteiger partial charge in [0.25, 0.3) is 0 Å². The molecule has 2 aromatic carbocycles. The van der Waals surface area contributed by atoms with Gasteiger partial charge < -0.3 is 23.6 Å². The first kappa shape index (κ1) is 25.5. The summed E-state index contributed by atoms with van der Waals surface area (Å²) in [6.07, 6.45) is 2.02. The van der Waals surface area contributed by atoms with Crippen molar-refractivity contribution < 1.29 is 28.6 Å². The lowest BCUT2D eigenvalue weighted by Crippen LogP contribution is -2.11. The molecule has 0 bridgehead atoms. The van der Waals surface area contributed by atoms with E-state index in [0.29, 0.717) is 12.3 Å². The number of methoxy groups -OCH3 is 1. The normalized spacial score (nSPS) is 11.8. The molecule has 0 atom stereocenters. The van der Waals surface area contributed by atoms with Crippen LogP contribution < -0.4 is 4.74 Å². The minimum absolute atomic E-state index is 0.0245. The van der Waals surface area contributed by atoms with E-state index in [2.05, 4.69) is 36.8 Å². The molecule has 9 heteroatoms. The predicted octanol–water partition coefficient (Wildman–Crippen LogP) is 6.04. The van der Waals surface area contributed by atoms with Crippen LogP contribution in [0.1, 0.15) is 37.6 Å². The number of esters is 1. The first-order valence-corrected chi connectivity index (χ1v) is 13.0. The van der Waals surface area contributed by atoms with E-state index in [1.165, 1.54) is 7.11 Å². The number of carbonyl (C=O) groups is 2. The molecule has 0 radical (unpaired) electrons. The van der Waals surface area contributed by atoms with E-state index in [4.69, 9.17) is 24.0 Å². The summed E-state index contributed by atoms with van der Waals surface area (Å²) < 4.78 is 18.4. The van der Waals surface area contributed by atoms with Gasteiger partial charge in [-0.25, -0.2) is 9.78 Å². The van der Waals surface area contributed by atoms with E-state index in [-0.39, 0.29) is 17.8 Å². The Hall–Kier alpha value is -4.11. The number of hydrogen-bond donors (Lipinski definition) is 1. The molecule has 38 heavy (non-hydrogen) atoms. The molecule has 0 aliphatic carbocycles. The summed E-state index contributed by atoms with van der Waals surface area (Å²) in [4.78, 5) is 27.7. The third-order valence-corrected chi connectivity index (χ3v) is 7.13. The lowest BCUT2D eigenvalue weighted by molar-refractivity contribution is -0.140. The van der Waals surface area contributed by atoms with Crippen LogP contribution in [0.4, 0.5) is 0 Å². The van der Waals surface area contributed by atoms with E-state index in [9.17, 15) is 9.59 Å². The lowest BCUT2D eigenvalue weighted by Gasteiger charge is -2.13. The average Bonchev–Trinajstić information content (AvgIpc) is 3.60. The van der Waals surface area contributed by atoms with Crippen LogP contribution >= 0.6 is 11.3 Å². The van der Waals surface area contributed by atoms with Crippen molar-refractivity contribution in [2.75, 3.05) is 13.7 Å². The molecule has 0 aliphatic rings. The first-order chi connectivity index (χ1) is 18.1. The molecule has 5 rings (SSSR count). The largest absolute Gasteiger partial charge is 0.482 e. The number of carboxylic acids is 1. The standard InChI is InChI=1S/C29H28N2O6S/c1-29(2,3)25-16-38-28(30-25)24-10-18-9-17(5-8-23(18)37-24)13-31-14-19(11-27(34)35-4)21-12-20(6-7-22(21)31)36-15-26(32)33/h5-10,12,14,16H,11,13,15H2,1-4H3,(H,32,33). The van der Waals surface area contributed by atoms with Crippen molar-refractivity contribution >= 4 is 45.1 Å². The maximum atomic E-state index is 12.1. The zero-order valence-corrected chi connectivity index (χ0v) is 22.4. The van der Waals surface area contributed by atoms with Gasteiger partial charge >= 0.3 is 11.9 Å². The van der Waals surface area contributed by atoms with Crippen LogP contribution in [-0.2, 0) is 32.7 Å². The zero-order chi connectivity index (χ0) is 27.0. The second kappa shape index (κ2) is 9.98. The molecular formula is C29H28N2O6S. The van der Waals surface area contributed by atoms with Gasteiger partial charge in [-0.05, 0) is 47.5 Å². The number of hydrogen-bond acceptors (Lipinski definition) is 7. The molecule has 8 nitrogen and oxygen atoms in total. The highest BCUT2D eigenvalue weighted by Gasteiger charge is 2.20. The molecule has 196 valence electrons. The van der Waals surface area contributed by atoms with Crippen LogP contribution in [0.3, 0.4) is 0 Å². The zero-order valence-electron chi connectivity index (χ0n) is 21.6. The fraction of sp³-hybridized carbons (Fsp3) is 0.276. The highest BCUT2D eigenvalue weighted by atomic mass is 32.1. The molecule has 3 heterocycles. The van der Waals surface area contributed by atoms with Crippen molar-refractivity contribution in [3.05, 3.63) is 70.9 Å². The van der Waals surface area contributed by atoms with E-state index in [1.807, 2.05) is 30.5 Å². The van der Waals surface area contributed by atoms with Crippen molar-refractivity contribution in [2.45, 2.75) is 39.2 Å². The highest BCUT2D eigenvalue weighted by Crippen LogP contribution is 2.34. The molecule has 0 fully saturated rings. The smallest absolute Gasteiger partial charge is 0.341 e. The number of furan rings is 1. The Balaban J connectivity index is 1.46. The van der Waals surface area contributed by atoms with Gasteiger partial charge in [0.05, 0.1) is 19.2 Å². The fourth-order valence-electron chi connectivity index (χ4n) is 4.31. The minimum atomic E-state index is -1.06. The Morgan fingerprint density at radius 1 is 1.13 bits per heavy atom. The summed E-state index contributed by atoms with van der Waals surface area (Å²) in [5, 5.41) is 13.7. The van der Waals surface area contributed by atoms with Gasteiger partial charge in [-0.2, -0.15) is 0 Å². The van der Waals surface area contributed by atoms with E-state index in [1.54, 1.807) is 23.5 Å². The Morgan fingerprint density at radius 3 is 2.66 bits per heavy atom. The second-order valence-electron chi connectivity index (χ2n) is 10.2. The van der Waals surface area contributed by atoms with E-state index in [0.717, 1.165) is 49.5 Å². The van der Waals surface area contributed by atoms with Gasteiger partial charge in [0.2, 0.25) is 0 Å². The van der Waals surface area contributed by atoms with Gasteiger partial charge in [0, 0.05) is 39.8 Å². The maximum absolute atomic E-state index is 12.1. The van der Waals surface area contributed by atoms with Gasteiger partial charge in [-0.3, -0.25) is 4.79 Å². The molecule has 0 unspecified atom stereocenters. The molecule has 0 spiro atoms. The lowest BCUT2D eigenvalue weighted by atomic mass is 9.93. The van der Waals surface area contributed by atoms with Crippen molar-refractivity contribution in [1.82, 2.24) is 9.55 Å². The average molecular weight is 533 g/mol. The minimum Gasteiger partial charge on any atom is -0.482 e. The number of carbonyl (C=O) groups excluding carboxylic acids is 1. The predicted molar refractivity (Wildman–Crippen MR) is 146 cm³/mol. The van der Waals surface area contributed by atoms with Crippen molar-refractivity contribution in [3.8, 4) is 16.5 Å². The maximum Gasteiger partial charge on any atom is 0.341 e. The molecule has 3 aromatic heterocycles. The number of aliphatic carboxylic acids is 1. The Kier molecular flexibility index (Phi) is 6.71. The molecule has 1 N–H and O–H groups in total. The summed E-state index contributed by atoms with van der Waals surface area (Å²) in [6, 6.07) is 13.5. The number of rotatable bonds is 8. The number of nitrogens with zero attached hydrogens (tertiary/aromatic N) is 2. The SMILES string of the molecule is COC(=O)Cc1cn(Cc2ccc3oc(-c4nc(C(C)(C)C)cs4)cc3c2)c2ccc(OCC(=O)O)cc12. The number of ether oxygens (including phenoxy) is 2. The number of aromatic nitrogens is 2. The Labute approximate surface area is 223 Å². The third-order valence-electron chi connectivity index (χ3n) is 6.28. The summed E-state index contributed by atoms with van der Waals surface area (Å²) in [5.74, 6) is -0.240. The van der Waals surface area contributed by atoms with Crippen LogP contribution in [0.5, 0.6) is 5.75 Å². The first-order valence-electron chi connectivity index (χ1n) is 12.1. The molecule has 0 aliphatic heterocycles. The molecular weight excluding hydrogens is 504 g/mol. The van der Waals surface area contributed by atoms with Crippen molar-refractivity contribution in [3.63, 3.8) is 0 Å².